The van der Waals surface area contributed by atoms with E-state index in [9.17, 15) is 13.6 Å². The minimum atomic E-state index is -2.77. The van der Waals surface area contributed by atoms with E-state index in [1.807, 2.05) is 0 Å². The van der Waals surface area contributed by atoms with Gasteiger partial charge in [-0.25, -0.2) is 13.8 Å². The van der Waals surface area contributed by atoms with Crippen molar-refractivity contribution in [3.8, 4) is 0 Å². The summed E-state index contributed by atoms with van der Waals surface area (Å²) in [6.45, 7) is 0. The van der Waals surface area contributed by atoms with E-state index in [1.54, 1.807) is 0 Å². The van der Waals surface area contributed by atoms with E-state index >= 15 is 0 Å². The summed E-state index contributed by atoms with van der Waals surface area (Å²) in [4.78, 5) is 14.3. The molecule has 7 heteroatoms. The summed E-state index contributed by atoms with van der Waals surface area (Å²) in [5.74, 6) is -0.882. The third-order valence-corrected chi connectivity index (χ3v) is 2.14. The van der Waals surface area contributed by atoms with Crippen LogP contribution >= 0.6 is 15.9 Å². The molecule has 1 aromatic rings. The second kappa shape index (κ2) is 3.87. The summed E-state index contributed by atoms with van der Waals surface area (Å²) in [6, 6.07) is 0.882. The predicted molar refractivity (Wildman–Crippen MR) is 49.8 cm³/mol. The van der Waals surface area contributed by atoms with Crippen LogP contribution in [0.25, 0.3) is 0 Å². The number of alkyl halides is 2. The number of halogens is 3. The maximum Gasteiger partial charge on any atom is 0.267 e. The molecule has 76 valence electrons. The molecule has 4 N–H and O–H groups in total. The Bertz CT molecular complexity index is 383. The van der Waals surface area contributed by atoms with Gasteiger partial charge in [-0.3, -0.25) is 4.79 Å². The van der Waals surface area contributed by atoms with E-state index < -0.39 is 17.9 Å². The maximum absolute atomic E-state index is 12.4. The zero-order chi connectivity index (χ0) is 10.9. The summed E-state index contributed by atoms with van der Waals surface area (Å²) in [7, 11) is 0. The van der Waals surface area contributed by atoms with Crippen LogP contribution in [0.2, 0.25) is 0 Å². The average molecular weight is 266 g/mol. The van der Waals surface area contributed by atoms with Crippen LogP contribution in [-0.2, 0) is 0 Å². The Kier molecular flexibility index (Phi) is 3.00. The molecule has 0 spiro atoms. The summed E-state index contributed by atoms with van der Waals surface area (Å²) in [5, 5.41) is 0. The van der Waals surface area contributed by atoms with Gasteiger partial charge >= 0.3 is 0 Å². The van der Waals surface area contributed by atoms with Crippen LogP contribution in [0.1, 0.15) is 22.5 Å². The molecule has 14 heavy (non-hydrogen) atoms. The van der Waals surface area contributed by atoms with Crippen molar-refractivity contribution in [2.75, 3.05) is 5.73 Å². The summed E-state index contributed by atoms with van der Waals surface area (Å²) >= 11 is 2.86. The second-order valence-electron chi connectivity index (χ2n) is 2.47. The molecule has 1 amide bonds. The van der Waals surface area contributed by atoms with Gasteiger partial charge in [0.2, 0.25) is 0 Å². The van der Waals surface area contributed by atoms with E-state index in [2.05, 4.69) is 20.9 Å². The average Bonchev–Trinajstić information content (AvgIpc) is 2.08. The van der Waals surface area contributed by atoms with Gasteiger partial charge in [0, 0.05) is 5.56 Å². The third-order valence-electron chi connectivity index (χ3n) is 1.53. The number of hydrogen-bond donors (Lipinski definition) is 2. The Morgan fingerprint density at radius 2 is 2.14 bits per heavy atom. The molecule has 0 radical (unpaired) electrons. The van der Waals surface area contributed by atoms with Crippen LogP contribution in [0.15, 0.2) is 10.7 Å². The molecule has 1 heterocycles. The number of nitrogens with two attached hydrogens (primary N) is 2. The fourth-order valence-corrected chi connectivity index (χ4v) is 1.27. The molecule has 0 bridgehead atoms. The van der Waals surface area contributed by atoms with Gasteiger partial charge in [-0.2, -0.15) is 0 Å². The molecular formula is C7H6BrF2N3O. The Hall–Kier alpha value is -1.24. The van der Waals surface area contributed by atoms with Gasteiger partial charge in [0.1, 0.15) is 10.3 Å². The monoisotopic (exact) mass is 265 g/mol. The highest BCUT2D eigenvalue weighted by molar-refractivity contribution is 9.10. The molecule has 0 aliphatic carbocycles. The molecule has 0 fully saturated rings. The number of nitrogen functional groups attached to an aromatic ring is 1. The maximum atomic E-state index is 12.4. The largest absolute Gasteiger partial charge is 0.396 e. The molecule has 0 unspecified atom stereocenters. The van der Waals surface area contributed by atoms with Crippen molar-refractivity contribution in [3.63, 3.8) is 0 Å². The normalized spacial score (nSPS) is 10.6. The van der Waals surface area contributed by atoms with Crippen molar-refractivity contribution < 1.29 is 13.6 Å². The van der Waals surface area contributed by atoms with Gasteiger partial charge in [0.25, 0.3) is 12.3 Å². The summed E-state index contributed by atoms with van der Waals surface area (Å²) in [6.07, 6.45) is -2.77. The van der Waals surface area contributed by atoms with E-state index in [4.69, 9.17) is 11.5 Å². The molecule has 1 aromatic heterocycles. The lowest BCUT2D eigenvalue weighted by atomic mass is 10.2. The highest BCUT2D eigenvalue weighted by Crippen LogP contribution is 2.30. The number of aromatic nitrogens is 1. The van der Waals surface area contributed by atoms with Gasteiger partial charge in [-0.05, 0) is 22.0 Å². The number of hydrogen-bond acceptors (Lipinski definition) is 3. The van der Waals surface area contributed by atoms with E-state index in [-0.39, 0.29) is 16.0 Å². The lowest BCUT2D eigenvalue weighted by Gasteiger charge is -2.07. The number of anilines is 1. The Balaban J connectivity index is 3.35. The quantitative estimate of drug-likeness (QED) is 0.795. The van der Waals surface area contributed by atoms with Crippen LogP contribution in [0.4, 0.5) is 14.5 Å². The molecule has 0 aliphatic rings. The van der Waals surface area contributed by atoms with Crippen molar-refractivity contribution >= 4 is 27.5 Å². The molecular weight excluding hydrogens is 260 g/mol. The Morgan fingerprint density at radius 3 is 2.57 bits per heavy atom. The first-order chi connectivity index (χ1) is 6.43. The Labute approximate surface area is 86.4 Å². The number of nitrogens with zero attached hydrogens (tertiary/aromatic N) is 1. The number of rotatable bonds is 2. The van der Waals surface area contributed by atoms with Crippen LogP contribution < -0.4 is 11.5 Å². The highest BCUT2D eigenvalue weighted by atomic mass is 79.9. The molecule has 0 saturated carbocycles. The fourth-order valence-electron chi connectivity index (χ4n) is 0.849. The van der Waals surface area contributed by atoms with Crippen molar-refractivity contribution in [1.29, 1.82) is 0 Å². The zero-order valence-corrected chi connectivity index (χ0v) is 8.38. The van der Waals surface area contributed by atoms with Crippen molar-refractivity contribution in [2.24, 2.45) is 5.73 Å². The van der Waals surface area contributed by atoms with Gasteiger partial charge in [-0.1, -0.05) is 0 Å². The van der Waals surface area contributed by atoms with Crippen LogP contribution in [0.3, 0.4) is 0 Å². The molecule has 0 aromatic carbocycles. The van der Waals surface area contributed by atoms with E-state index in [0.717, 1.165) is 6.07 Å². The van der Waals surface area contributed by atoms with Crippen LogP contribution in [-0.4, -0.2) is 10.9 Å². The van der Waals surface area contributed by atoms with Gasteiger partial charge < -0.3 is 11.5 Å². The first kappa shape index (κ1) is 10.8. The molecule has 4 nitrogen and oxygen atoms in total. The van der Waals surface area contributed by atoms with Crippen LogP contribution in [0, 0.1) is 0 Å². The standard InChI is InChI=1S/C7H6BrF2N3O/c8-5-4(11)2(6(9)10)1-3(13-5)7(12)14/h1,6H,11H2,(H2,12,14). The SMILES string of the molecule is NC(=O)c1cc(C(F)F)c(N)c(Br)n1. The molecule has 0 atom stereocenters. The van der Waals surface area contributed by atoms with E-state index in [0.29, 0.717) is 0 Å². The minimum Gasteiger partial charge on any atom is -0.396 e. The lowest BCUT2D eigenvalue weighted by Crippen LogP contribution is -2.14. The zero-order valence-electron chi connectivity index (χ0n) is 6.80. The van der Waals surface area contributed by atoms with Crippen molar-refractivity contribution in [1.82, 2.24) is 4.98 Å². The first-order valence-electron chi connectivity index (χ1n) is 3.47. The summed E-state index contributed by atoms with van der Waals surface area (Å²) in [5.41, 5.74) is 9.31. The third kappa shape index (κ3) is 1.98. The predicted octanol–water partition coefficient (Wildman–Crippen LogP) is 1.46. The number of pyridine rings is 1. The van der Waals surface area contributed by atoms with Gasteiger partial charge in [0.15, 0.2) is 0 Å². The molecule has 0 saturated heterocycles. The summed E-state index contributed by atoms with van der Waals surface area (Å²) < 4.78 is 24.7. The van der Waals surface area contributed by atoms with Crippen molar-refractivity contribution in [2.45, 2.75) is 6.43 Å². The first-order valence-corrected chi connectivity index (χ1v) is 4.26. The smallest absolute Gasteiger partial charge is 0.267 e. The lowest BCUT2D eigenvalue weighted by molar-refractivity contribution is 0.0995. The highest BCUT2D eigenvalue weighted by Gasteiger charge is 2.17. The number of carbonyl (C=O) groups excluding carboxylic acids is 1. The minimum absolute atomic E-state index is 0.0101. The van der Waals surface area contributed by atoms with Crippen molar-refractivity contribution in [3.05, 3.63) is 21.9 Å². The molecule has 1 rings (SSSR count). The Morgan fingerprint density at radius 1 is 1.57 bits per heavy atom. The fraction of sp³-hybridized carbons (Fsp3) is 0.143. The number of primary amides is 1. The topological polar surface area (TPSA) is 82.0 Å². The number of carbonyl (C=O) groups is 1. The van der Waals surface area contributed by atoms with Crippen LogP contribution in [0.5, 0.6) is 0 Å². The van der Waals surface area contributed by atoms with Gasteiger partial charge in [-0.15, -0.1) is 0 Å². The second-order valence-corrected chi connectivity index (χ2v) is 3.22. The number of amides is 1. The van der Waals surface area contributed by atoms with E-state index in [1.165, 1.54) is 0 Å². The molecule has 0 aliphatic heterocycles. The van der Waals surface area contributed by atoms with Gasteiger partial charge in [0.05, 0.1) is 5.69 Å².